The number of aliphatic hydroxyl groups excluding tert-OH is 1. The van der Waals surface area contributed by atoms with E-state index < -0.39 is 0 Å². The third-order valence-corrected chi connectivity index (χ3v) is 3.87. The molecule has 1 aromatic carbocycles. The van der Waals surface area contributed by atoms with Gasteiger partial charge in [-0.2, -0.15) is 4.98 Å². The minimum Gasteiger partial charge on any atom is -0.396 e. The van der Waals surface area contributed by atoms with Crippen molar-refractivity contribution in [3.8, 4) is 0 Å². The molecular weight excluding hydrogens is 335 g/mol. The lowest BCUT2D eigenvalue weighted by atomic mass is 10.3. The Morgan fingerprint density at radius 1 is 1.19 bits per heavy atom. The highest BCUT2D eigenvalue weighted by atomic mass is 19.1. The van der Waals surface area contributed by atoms with Crippen LogP contribution in [0.25, 0.3) is 0 Å². The van der Waals surface area contributed by atoms with E-state index in [1.165, 1.54) is 6.07 Å². The van der Waals surface area contributed by atoms with Crippen LogP contribution in [0, 0.1) is 5.82 Å². The topological polar surface area (TPSA) is 85.3 Å². The standard InChI is InChI=1S/C18H27FN6O/c1-13(2)25(12-23-15-8-5-4-7-14(15)19)17-16(20-3)11-22-18(24-17)21-9-6-10-26/h4-5,7-8,11,13,20,23,26H,6,9-10,12H2,1-3H3,(H,21,22,24). The first-order chi connectivity index (χ1) is 12.6. The third-order valence-electron chi connectivity index (χ3n) is 3.87. The van der Waals surface area contributed by atoms with Crippen LogP contribution in [-0.4, -0.2) is 48.0 Å². The molecule has 2 aromatic rings. The van der Waals surface area contributed by atoms with Crippen molar-refractivity contribution < 1.29 is 9.50 Å². The molecule has 0 saturated carbocycles. The highest BCUT2D eigenvalue weighted by Crippen LogP contribution is 2.26. The average Bonchev–Trinajstić information content (AvgIpc) is 2.63. The lowest BCUT2D eigenvalue weighted by Crippen LogP contribution is -2.37. The second kappa shape index (κ2) is 9.76. The number of aliphatic hydroxyl groups is 1. The van der Waals surface area contributed by atoms with Gasteiger partial charge in [0.05, 0.1) is 24.2 Å². The molecule has 2 rings (SSSR count). The monoisotopic (exact) mass is 362 g/mol. The third kappa shape index (κ3) is 5.19. The Kier molecular flexibility index (Phi) is 7.40. The quantitative estimate of drug-likeness (QED) is 0.382. The largest absolute Gasteiger partial charge is 0.396 e. The molecule has 0 aliphatic carbocycles. The van der Waals surface area contributed by atoms with E-state index in [4.69, 9.17) is 5.11 Å². The van der Waals surface area contributed by atoms with Crippen LogP contribution in [0.15, 0.2) is 30.5 Å². The molecule has 142 valence electrons. The first-order valence-electron chi connectivity index (χ1n) is 8.71. The fourth-order valence-electron chi connectivity index (χ4n) is 2.41. The Morgan fingerprint density at radius 3 is 2.62 bits per heavy atom. The molecule has 1 aromatic heterocycles. The van der Waals surface area contributed by atoms with Crippen LogP contribution in [0.4, 0.5) is 27.5 Å². The van der Waals surface area contributed by atoms with Gasteiger partial charge in [-0.3, -0.25) is 0 Å². The molecule has 1 heterocycles. The van der Waals surface area contributed by atoms with E-state index in [-0.39, 0.29) is 18.5 Å². The van der Waals surface area contributed by atoms with E-state index in [0.29, 0.717) is 37.1 Å². The summed E-state index contributed by atoms with van der Waals surface area (Å²) in [7, 11) is 1.81. The van der Waals surface area contributed by atoms with Crippen LogP contribution in [0.5, 0.6) is 0 Å². The summed E-state index contributed by atoms with van der Waals surface area (Å²) in [5, 5.41) is 18.2. The Hall–Kier alpha value is -2.61. The number of hydrogen-bond acceptors (Lipinski definition) is 7. The number of halogens is 1. The fourth-order valence-corrected chi connectivity index (χ4v) is 2.41. The van der Waals surface area contributed by atoms with Gasteiger partial charge in [-0.05, 0) is 32.4 Å². The number of hydrogen-bond donors (Lipinski definition) is 4. The molecule has 0 radical (unpaired) electrons. The lowest BCUT2D eigenvalue weighted by Gasteiger charge is -2.30. The van der Waals surface area contributed by atoms with Crippen LogP contribution < -0.4 is 20.9 Å². The minimum atomic E-state index is -0.293. The maximum atomic E-state index is 13.9. The second-order valence-corrected chi connectivity index (χ2v) is 6.06. The van der Waals surface area contributed by atoms with Gasteiger partial charge in [0, 0.05) is 26.2 Å². The molecule has 0 unspecified atom stereocenters. The van der Waals surface area contributed by atoms with E-state index in [2.05, 4.69) is 25.9 Å². The number of para-hydroxylation sites is 1. The zero-order valence-corrected chi connectivity index (χ0v) is 15.5. The van der Waals surface area contributed by atoms with Crippen LogP contribution >= 0.6 is 0 Å². The van der Waals surface area contributed by atoms with Gasteiger partial charge in [-0.1, -0.05) is 12.1 Å². The van der Waals surface area contributed by atoms with Crippen molar-refractivity contribution in [1.82, 2.24) is 9.97 Å². The summed E-state index contributed by atoms with van der Waals surface area (Å²) in [5.41, 5.74) is 1.22. The molecule has 0 fully saturated rings. The molecule has 0 amide bonds. The summed E-state index contributed by atoms with van der Waals surface area (Å²) >= 11 is 0. The van der Waals surface area contributed by atoms with Crippen molar-refractivity contribution in [2.24, 2.45) is 0 Å². The molecular formula is C18H27FN6O. The number of rotatable bonds is 10. The summed E-state index contributed by atoms with van der Waals surface area (Å²) < 4.78 is 13.9. The van der Waals surface area contributed by atoms with Crippen molar-refractivity contribution >= 4 is 23.1 Å². The minimum absolute atomic E-state index is 0.110. The van der Waals surface area contributed by atoms with Gasteiger partial charge < -0.3 is 26.0 Å². The Balaban J connectivity index is 2.21. The van der Waals surface area contributed by atoms with E-state index in [1.807, 2.05) is 25.8 Å². The molecule has 0 bridgehead atoms. The first-order valence-corrected chi connectivity index (χ1v) is 8.71. The number of benzene rings is 1. The molecule has 26 heavy (non-hydrogen) atoms. The number of aromatic nitrogens is 2. The van der Waals surface area contributed by atoms with Gasteiger partial charge in [-0.25, -0.2) is 9.37 Å². The van der Waals surface area contributed by atoms with Crippen molar-refractivity contribution in [3.63, 3.8) is 0 Å². The molecule has 0 aliphatic rings. The van der Waals surface area contributed by atoms with Crippen LogP contribution in [-0.2, 0) is 0 Å². The van der Waals surface area contributed by atoms with Crippen molar-refractivity contribution in [1.29, 1.82) is 0 Å². The van der Waals surface area contributed by atoms with Crippen molar-refractivity contribution in [2.45, 2.75) is 26.3 Å². The average molecular weight is 362 g/mol. The van der Waals surface area contributed by atoms with Crippen LogP contribution in [0.1, 0.15) is 20.3 Å². The van der Waals surface area contributed by atoms with E-state index >= 15 is 0 Å². The predicted octanol–water partition coefficient (Wildman–Crippen LogP) is 2.74. The number of anilines is 4. The van der Waals surface area contributed by atoms with Crippen LogP contribution in [0.2, 0.25) is 0 Å². The van der Waals surface area contributed by atoms with Gasteiger partial charge in [-0.15, -0.1) is 0 Å². The zero-order chi connectivity index (χ0) is 18.9. The SMILES string of the molecule is CNc1cnc(NCCCO)nc1N(CNc1ccccc1F)C(C)C. The number of nitrogens with one attached hydrogen (secondary N) is 3. The van der Waals surface area contributed by atoms with E-state index in [9.17, 15) is 4.39 Å². The molecule has 4 N–H and O–H groups in total. The van der Waals surface area contributed by atoms with Crippen molar-refractivity contribution in [3.05, 3.63) is 36.3 Å². The van der Waals surface area contributed by atoms with Crippen molar-refractivity contribution in [2.75, 3.05) is 47.7 Å². The maximum Gasteiger partial charge on any atom is 0.224 e. The summed E-state index contributed by atoms with van der Waals surface area (Å²) in [5.74, 6) is 0.913. The summed E-state index contributed by atoms with van der Waals surface area (Å²) in [6.07, 6.45) is 2.33. The highest BCUT2D eigenvalue weighted by molar-refractivity contribution is 5.67. The van der Waals surface area contributed by atoms with Gasteiger partial charge in [0.2, 0.25) is 5.95 Å². The highest BCUT2D eigenvalue weighted by Gasteiger charge is 2.17. The summed E-state index contributed by atoms with van der Waals surface area (Å²) in [6, 6.07) is 6.71. The second-order valence-electron chi connectivity index (χ2n) is 6.06. The smallest absolute Gasteiger partial charge is 0.224 e. The van der Waals surface area contributed by atoms with E-state index in [0.717, 1.165) is 5.69 Å². The van der Waals surface area contributed by atoms with Gasteiger partial charge in [0.15, 0.2) is 5.82 Å². The molecule has 8 heteroatoms. The Labute approximate surface area is 153 Å². The Bertz CT molecular complexity index is 697. The molecule has 0 aliphatic heterocycles. The van der Waals surface area contributed by atoms with Gasteiger partial charge >= 0.3 is 0 Å². The maximum absolute atomic E-state index is 13.9. The zero-order valence-electron chi connectivity index (χ0n) is 15.5. The first kappa shape index (κ1) is 19.7. The predicted molar refractivity (Wildman–Crippen MR) is 104 cm³/mol. The molecule has 0 atom stereocenters. The lowest BCUT2D eigenvalue weighted by molar-refractivity contribution is 0.292. The van der Waals surface area contributed by atoms with E-state index in [1.54, 1.807) is 24.4 Å². The van der Waals surface area contributed by atoms with Crippen LogP contribution in [0.3, 0.4) is 0 Å². The van der Waals surface area contributed by atoms with Gasteiger partial charge in [0.1, 0.15) is 5.82 Å². The van der Waals surface area contributed by atoms with Gasteiger partial charge in [0.25, 0.3) is 0 Å². The molecule has 0 spiro atoms. The molecule has 0 saturated heterocycles. The number of nitrogens with zero attached hydrogens (tertiary/aromatic N) is 3. The normalized spacial score (nSPS) is 10.7. The Morgan fingerprint density at radius 2 is 1.96 bits per heavy atom. The fraction of sp³-hybridized carbons (Fsp3) is 0.444. The summed E-state index contributed by atoms with van der Waals surface area (Å²) in [6.45, 7) is 5.18. The molecule has 7 nitrogen and oxygen atoms in total. The summed E-state index contributed by atoms with van der Waals surface area (Å²) in [4.78, 5) is 10.9.